The Kier molecular flexibility index (Phi) is 72.3. The van der Waals surface area contributed by atoms with E-state index in [9.17, 15) is 19.8 Å². The van der Waals surface area contributed by atoms with Crippen LogP contribution < -0.4 is 5.32 Å². The molecule has 0 fully saturated rings. The van der Waals surface area contributed by atoms with E-state index < -0.39 is 12.1 Å². The Morgan fingerprint density at radius 3 is 0.735 bits per heavy atom. The molecular weight excluding hydrogens is 1020 g/mol. The Bertz CT molecular complexity index is 1210. The Hall–Kier alpha value is -1.14. The van der Waals surface area contributed by atoms with Gasteiger partial charge in [0.1, 0.15) is 0 Å². The van der Waals surface area contributed by atoms with Crippen LogP contribution in [0.1, 0.15) is 457 Å². The zero-order chi connectivity index (χ0) is 59.9. The number of nitrogens with one attached hydrogen (secondary N) is 1. The van der Waals surface area contributed by atoms with Crippen LogP contribution in [0.5, 0.6) is 0 Å². The molecule has 0 aromatic carbocycles. The van der Waals surface area contributed by atoms with Gasteiger partial charge in [0, 0.05) is 12.8 Å². The zero-order valence-electron chi connectivity index (χ0n) is 57.0. The predicted octanol–water partition coefficient (Wildman–Crippen LogP) is 25.3. The van der Waals surface area contributed by atoms with Crippen molar-refractivity contribution in [2.75, 3.05) is 13.2 Å². The van der Waals surface area contributed by atoms with Gasteiger partial charge in [0.25, 0.3) is 0 Å². The lowest BCUT2D eigenvalue weighted by atomic mass is 10.0. The smallest absolute Gasteiger partial charge is 0.305 e. The summed E-state index contributed by atoms with van der Waals surface area (Å²) < 4.78 is 5.52. The first-order chi connectivity index (χ1) is 41.0. The molecule has 496 valence electrons. The molecule has 0 heterocycles. The third kappa shape index (κ3) is 69.8. The van der Waals surface area contributed by atoms with Crippen molar-refractivity contribution in [1.82, 2.24) is 5.32 Å². The fourth-order valence-corrected chi connectivity index (χ4v) is 12.8. The summed E-state index contributed by atoms with van der Waals surface area (Å²) in [6.07, 6.45) is 90.6. The molecule has 6 heteroatoms. The average Bonchev–Trinajstić information content (AvgIpc) is 3.49. The normalized spacial score (nSPS) is 12.4. The maximum Gasteiger partial charge on any atom is 0.305 e. The molecule has 0 aromatic heterocycles. The lowest BCUT2D eigenvalue weighted by Crippen LogP contribution is -2.45. The number of hydrogen-bond donors (Lipinski definition) is 3. The van der Waals surface area contributed by atoms with Crippen LogP contribution in [-0.2, 0) is 14.3 Å². The van der Waals surface area contributed by atoms with Crippen molar-refractivity contribution in [2.24, 2.45) is 0 Å². The molecule has 2 unspecified atom stereocenters. The number of carbonyl (C=O) groups is 2. The van der Waals surface area contributed by atoms with Crippen LogP contribution in [0, 0.1) is 0 Å². The number of aliphatic hydroxyl groups is 2. The van der Waals surface area contributed by atoms with E-state index in [-0.39, 0.29) is 18.5 Å². The molecule has 2 atom stereocenters. The van der Waals surface area contributed by atoms with Crippen molar-refractivity contribution in [3.63, 3.8) is 0 Å². The van der Waals surface area contributed by atoms with Crippen molar-refractivity contribution in [3.8, 4) is 0 Å². The Morgan fingerprint density at radius 2 is 0.494 bits per heavy atom. The van der Waals surface area contributed by atoms with E-state index in [1.54, 1.807) is 0 Å². The van der Waals surface area contributed by atoms with Gasteiger partial charge in [0.2, 0.25) is 5.91 Å². The number of aliphatic hydroxyl groups excluding tert-OH is 2. The molecule has 3 N–H and O–H groups in total. The van der Waals surface area contributed by atoms with Crippen molar-refractivity contribution < 1.29 is 24.5 Å². The van der Waals surface area contributed by atoms with Gasteiger partial charge in [-0.1, -0.05) is 418 Å². The van der Waals surface area contributed by atoms with Gasteiger partial charge in [-0.15, -0.1) is 0 Å². The number of rotatable bonds is 74. The van der Waals surface area contributed by atoms with E-state index in [1.165, 1.54) is 385 Å². The minimum Gasteiger partial charge on any atom is -0.466 e. The van der Waals surface area contributed by atoms with E-state index in [0.29, 0.717) is 25.9 Å². The van der Waals surface area contributed by atoms with Crippen LogP contribution in [0.25, 0.3) is 0 Å². The minimum atomic E-state index is -0.658. The first-order valence-corrected chi connectivity index (χ1v) is 38.8. The van der Waals surface area contributed by atoms with Gasteiger partial charge in [0.05, 0.1) is 25.4 Å². The van der Waals surface area contributed by atoms with Crippen LogP contribution in [0.2, 0.25) is 0 Å². The summed E-state index contributed by atoms with van der Waals surface area (Å²) in [5.41, 5.74) is 0. The molecule has 1 amide bonds. The first kappa shape index (κ1) is 81.9. The quantitative estimate of drug-likeness (QED) is 0.0417. The standard InChI is InChI=1S/C77H153NO5/c1-3-5-7-9-11-13-15-17-18-19-37-41-44-47-51-55-59-63-67-71-77(82)83-72-68-64-60-56-52-48-45-42-39-36-34-32-30-28-26-24-22-20-21-23-25-27-29-31-33-35-38-40-43-46-50-54-58-62-66-70-76(81)78-74(73-79)75(80)69-65-61-57-53-49-16-14-12-10-8-6-4-2/h74-75,79-80H,3-73H2,1-2H3,(H,78,81). The highest BCUT2D eigenvalue weighted by Crippen LogP contribution is 2.20. The van der Waals surface area contributed by atoms with Crippen molar-refractivity contribution in [3.05, 3.63) is 0 Å². The van der Waals surface area contributed by atoms with Crippen molar-refractivity contribution >= 4 is 11.9 Å². The van der Waals surface area contributed by atoms with Crippen LogP contribution >= 0.6 is 0 Å². The van der Waals surface area contributed by atoms with Crippen LogP contribution in [0.15, 0.2) is 0 Å². The SMILES string of the molecule is CCCCCCCCCCCCCCCCCCCCCC(=O)OCCCCCCCCCCCCCCCCCCCCCCCCCCCCCCCCCCCCCC(=O)NC(CO)C(O)CCCCCCCCCCCCCC. The largest absolute Gasteiger partial charge is 0.466 e. The van der Waals surface area contributed by atoms with E-state index >= 15 is 0 Å². The van der Waals surface area contributed by atoms with Gasteiger partial charge in [-0.2, -0.15) is 0 Å². The van der Waals surface area contributed by atoms with E-state index in [2.05, 4.69) is 19.2 Å². The Morgan fingerprint density at radius 1 is 0.289 bits per heavy atom. The van der Waals surface area contributed by atoms with Gasteiger partial charge in [-0.25, -0.2) is 0 Å². The fourth-order valence-electron chi connectivity index (χ4n) is 12.8. The average molecular weight is 1170 g/mol. The van der Waals surface area contributed by atoms with Crippen LogP contribution in [-0.4, -0.2) is 47.4 Å². The number of unbranched alkanes of at least 4 members (excludes halogenated alkanes) is 63. The lowest BCUT2D eigenvalue weighted by Gasteiger charge is -2.22. The summed E-state index contributed by atoms with van der Waals surface area (Å²) in [4.78, 5) is 24.6. The minimum absolute atomic E-state index is 0.0270. The summed E-state index contributed by atoms with van der Waals surface area (Å²) in [5, 5.41) is 23.3. The third-order valence-electron chi connectivity index (χ3n) is 18.7. The van der Waals surface area contributed by atoms with Gasteiger partial charge in [-0.3, -0.25) is 9.59 Å². The monoisotopic (exact) mass is 1170 g/mol. The van der Waals surface area contributed by atoms with Crippen LogP contribution in [0.3, 0.4) is 0 Å². The van der Waals surface area contributed by atoms with Gasteiger partial charge in [-0.05, 0) is 25.7 Å². The second-order valence-electron chi connectivity index (χ2n) is 27.1. The Balaban J connectivity index is 3.26. The molecule has 0 aliphatic carbocycles. The third-order valence-corrected chi connectivity index (χ3v) is 18.7. The molecule has 0 saturated heterocycles. The molecule has 0 rings (SSSR count). The molecule has 0 aromatic rings. The number of hydrogen-bond acceptors (Lipinski definition) is 5. The molecule has 83 heavy (non-hydrogen) atoms. The molecule has 0 saturated carbocycles. The second kappa shape index (κ2) is 73.3. The molecule has 0 spiro atoms. The molecule has 0 aliphatic rings. The lowest BCUT2D eigenvalue weighted by molar-refractivity contribution is -0.143. The molecular formula is C77H153NO5. The maximum atomic E-state index is 12.5. The van der Waals surface area contributed by atoms with E-state index in [1.807, 2.05) is 0 Å². The number of amides is 1. The molecule has 0 aliphatic heterocycles. The van der Waals surface area contributed by atoms with Gasteiger partial charge in [0.15, 0.2) is 0 Å². The van der Waals surface area contributed by atoms with E-state index in [0.717, 1.165) is 38.5 Å². The molecule has 6 nitrogen and oxygen atoms in total. The number of carbonyl (C=O) groups excluding carboxylic acids is 2. The zero-order valence-corrected chi connectivity index (χ0v) is 57.0. The van der Waals surface area contributed by atoms with E-state index in [4.69, 9.17) is 4.74 Å². The van der Waals surface area contributed by atoms with Crippen molar-refractivity contribution in [1.29, 1.82) is 0 Å². The summed E-state index contributed by atoms with van der Waals surface area (Å²) in [6.45, 7) is 5.00. The predicted molar refractivity (Wildman–Crippen MR) is 366 cm³/mol. The van der Waals surface area contributed by atoms with Gasteiger partial charge >= 0.3 is 5.97 Å². The highest BCUT2D eigenvalue weighted by molar-refractivity contribution is 5.76. The van der Waals surface area contributed by atoms with Crippen molar-refractivity contribution in [2.45, 2.75) is 469 Å². The first-order valence-electron chi connectivity index (χ1n) is 38.8. The molecule has 0 radical (unpaired) electrons. The Labute approximate surface area is 521 Å². The van der Waals surface area contributed by atoms with Gasteiger partial charge < -0.3 is 20.3 Å². The highest BCUT2D eigenvalue weighted by atomic mass is 16.5. The fraction of sp³-hybridized carbons (Fsp3) is 0.974. The second-order valence-corrected chi connectivity index (χ2v) is 27.1. The topological polar surface area (TPSA) is 95.9 Å². The van der Waals surface area contributed by atoms with Crippen LogP contribution in [0.4, 0.5) is 0 Å². The number of esters is 1. The summed E-state index contributed by atoms with van der Waals surface area (Å²) in [7, 11) is 0. The highest BCUT2D eigenvalue weighted by Gasteiger charge is 2.20. The summed E-state index contributed by atoms with van der Waals surface area (Å²) in [6, 6.07) is -0.535. The summed E-state index contributed by atoms with van der Waals surface area (Å²) in [5.74, 6) is 0.00176. The molecule has 0 bridgehead atoms. The number of ether oxygens (including phenoxy) is 1. The maximum absolute atomic E-state index is 12.5. The summed E-state index contributed by atoms with van der Waals surface area (Å²) >= 11 is 0.